The summed E-state index contributed by atoms with van der Waals surface area (Å²) in [5, 5.41) is 3.85. The highest BCUT2D eigenvalue weighted by Gasteiger charge is 2.34. The van der Waals surface area contributed by atoms with E-state index in [4.69, 9.17) is 14.2 Å². The summed E-state index contributed by atoms with van der Waals surface area (Å²) in [7, 11) is 1.56. The van der Waals surface area contributed by atoms with Gasteiger partial charge in [0.05, 0.1) is 24.5 Å². The molecule has 0 saturated heterocycles. The van der Waals surface area contributed by atoms with E-state index in [1.807, 2.05) is 42.5 Å². The topological polar surface area (TPSA) is 69.2 Å². The van der Waals surface area contributed by atoms with Crippen LogP contribution in [0, 0.1) is 0 Å². The van der Waals surface area contributed by atoms with Gasteiger partial charge in [-0.1, -0.05) is 64.5 Å². The van der Waals surface area contributed by atoms with E-state index >= 15 is 0 Å². The fraction of sp³-hybridized carbons (Fsp3) is 0.133. The summed E-state index contributed by atoms with van der Waals surface area (Å²) in [4.78, 5) is 12.4. The zero-order chi connectivity index (χ0) is 28.5. The van der Waals surface area contributed by atoms with E-state index in [2.05, 4.69) is 26.5 Å². The maximum Gasteiger partial charge on any atom is 0.417 e. The summed E-state index contributed by atoms with van der Waals surface area (Å²) in [6.45, 7) is 0.579. The van der Waals surface area contributed by atoms with Crippen LogP contribution in [0.1, 0.15) is 32.6 Å². The molecule has 0 heterocycles. The predicted molar refractivity (Wildman–Crippen MR) is 149 cm³/mol. The second-order valence-electron chi connectivity index (χ2n) is 8.47. The highest BCUT2D eigenvalue weighted by Crippen LogP contribution is 2.32. The number of rotatable bonds is 10. The lowest BCUT2D eigenvalue weighted by atomic mass is 10.1. The number of carbonyl (C=O) groups excluding carboxylic acids is 1. The van der Waals surface area contributed by atoms with Gasteiger partial charge < -0.3 is 14.2 Å². The molecular formula is C30H24BrF3N2O4. The summed E-state index contributed by atoms with van der Waals surface area (Å²) >= 11 is 3.38. The molecule has 1 amide bonds. The molecule has 10 heteroatoms. The van der Waals surface area contributed by atoms with Crippen LogP contribution in [0.15, 0.2) is 101 Å². The van der Waals surface area contributed by atoms with Crippen LogP contribution in [0.5, 0.6) is 17.2 Å². The maximum absolute atomic E-state index is 13.2. The van der Waals surface area contributed by atoms with Crippen molar-refractivity contribution in [2.45, 2.75) is 19.4 Å². The van der Waals surface area contributed by atoms with Crippen LogP contribution in [0.2, 0.25) is 0 Å². The second kappa shape index (κ2) is 13.2. The third-order valence-corrected chi connectivity index (χ3v) is 6.17. The largest absolute Gasteiger partial charge is 0.493 e. The number of hydrazone groups is 1. The van der Waals surface area contributed by atoms with E-state index in [0.29, 0.717) is 29.4 Å². The molecule has 4 aromatic carbocycles. The smallest absolute Gasteiger partial charge is 0.417 e. The minimum Gasteiger partial charge on any atom is -0.493 e. The lowest BCUT2D eigenvalue weighted by Gasteiger charge is -2.14. The third kappa shape index (κ3) is 7.63. The number of benzene rings is 4. The fourth-order valence-corrected chi connectivity index (χ4v) is 4.10. The van der Waals surface area contributed by atoms with Gasteiger partial charge in [0.1, 0.15) is 19.0 Å². The molecule has 0 aliphatic carbocycles. The lowest BCUT2D eigenvalue weighted by molar-refractivity contribution is -0.137. The average molecular weight is 613 g/mol. The van der Waals surface area contributed by atoms with Crippen LogP contribution in [0.4, 0.5) is 13.2 Å². The number of nitrogens with one attached hydrogen (secondary N) is 1. The molecule has 0 aromatic heterocycles. The summed E-state index contributed by atoms with van der Waals surface area (Å²) in [6.07, 6.45) is -3.37. The van der Waals surface area contributed by atoms with Gasteiger partial charge >= 0.3 is 6.18 Å². The van der Waals surface area contributed by atoms with Crippen LogP contribution in [-0.2, 0) is 19.4 Å². The molecule has 0 radical (unpaired) electrons. The van der Waals surface area contributed by atoms with Gasteiger partial charge in [-0.3, -0.25) is 4.79 Å². The molecule has 0 aliphatic rings. The van der Waals surface area contributed by atoms with Crippen molar-refractivity contribution in [3.05, 3.63) is 123 Å². The number of amides is 1. The number of halogens is 4. The molecule has 4 rings (SSSR count). The van der Waals surface area contributed by atoms with Crippen LogP contribution < -0.4 is 19.6 Å². The highest BCUT2D eigenvalue weighted by atomic mass is 79.9. The van der Waals surface area contributed by atoms with Crippen molar-refractivity contribution in [1.82, 2.24) is 5.43 Å². The molecule has 6 nitrogen and oxygen atoms in total. The molecule has 0 spiro atoms. The zero-order valence-corrected chi connectivity index (χ0v) is 22.8. The summed E-state index contributed by atoms with van der Waals surface area (Å²) in [5.74, 6) is 0.606. The number of nitrogens with zero attached hydrogens (tertiary/aromatic N) is 1. The standard InChI is InChI=1S/C30H24BrF3N2O4/c1-38-28-15-21(11-13-27(28)40-18-20-7-3-2-4-8-20)19-39-26-14-12-23(31)16-22(26)17-35-36-29(37)24-9-5-6-10-25(24)30(32,33)34/h2-17H,18-19H2,1H3,(H,36,37)/b35-17+. The van der Waals surface area contributed by atoms with Crippen molar-refractivity contribution in [3.8, 4) is 17.2 Å². The van der Waals surface area contributed by atoms with E-state index in [1.165, 1.54) is 18.3 Å². The third-order valence-electron chi connectivity index (χ3n) is 5.68. The average Bonchev–Trinajstić information content (AvgIpc) is 2.96. The Kier molecular flexibility index (Phi) is 9.44. The first-order valence-corrected chi connectivity index (χ1v) is 12.8. The van der Waals surface area contributed by atoms with E-state index in [9.17, 15) is 18.0 Å². The molecule has 0 saturated carbocycles. The summed E-state index contributed by atoms with van der Waals surface area (Å²) in [6, 6.07) is 24.9. The van der Waals surface area contributed by atoms with Gasteiger partial charge in [-0.2, -0.15) is 18.3 Å². The first-order valence-electron chi connectivity index (χ1n) is 12.0. The van der Waals surface area contributed by atoms with E-state index in [0.717, 1.165) is 27.7 Å². The molecule has 1 N–H and O–H groups in total. The minimum atomic E-state index is -4.67. The Labute approximate surface area is 237 Å². The maximum atomic E-state index is 13.2. The van der Waals surface area contributed by atoms with Crippen molar-refractivity contribution < 1.29 is 32.2 Å². The van der Waals surface area contributed by atoms with Crippen LogP contribution in [0.25, 0.3) is 0 Å². The lowest BCUT2D eigenvalue weighted by Crippen LogP contribution is -2.22. The Hall–Kier alpha value is -4.31. The molecule has 40 heavy (non-hydrogen) atoms. The number of ether oxygens (including phenoxy) is 3. The second-order valence-corrected chi connectivity index (χ2v) is 9.39. The Morgan fingerprint density at radius 3 is 2.27 bits per heavy atom. The fourth-order valence-electron chi connectivity index (χ4n) is 3.72. The van der Waals surface area contributed by atoms with Gasteiger partial charge in [0.25, 0.3) is 5.91 Å². The molecule has 0 fully saturated rings. The number of alkyl halides is 3. The van der Waals surface area contributed by atoms with Gasteiger partial charge in [-0.25, -0.2) is 5.43 Å². The van der Waals surface area contributed by atoms with Crippen LogP contribution in [0.3, 0.4) is 0 Å². The molecule has 206 valence electrons. The minimum absolute atomic E-state index is 0.184. The van der Waals surface area contributed by atoms with Gasteiger partial charge in [-0.15, -0.1) is 0 Å². The quantitative estimate of drug-likeness (QED) is 0.150. The van der Waals surface area contributed by atoms with Crippen LogP contribution in [-0.4, -0.2) is 19.2 Å². The van der Waals surface area contributed by atoms with Crippen molar-refractivity contribution in [2.75, 3.05) is 7.11 Å². The predicted octanol–water partition coefficient (Wildman–Crippen LogP) is 7.40. The SMILES string of the molecule is COc1cc(COc2ccc(Br)cc2/C=N/NC(=O)c2ccccc2C(F)(F)F)ccc1OCc1ccccc1. The van der Waals surface area contributed by atoms with E-state index < -0.39 is 23.2 Å². The Balaban J connectivity index is 1.42. The molecule has 0 unspecified atom stereocenters. The van der Waals surface area contributed by atoms with Crippen molar-refractivity contribution in [2.24, 2.45) is 5.10 Å². The summed E-state index contributed by atoms with van der Waals surface area (Å²) < 4.78 is 57.8. The van der Waals surface area contributed by atoms with Gasteiger partial charge in [0, 0.05) is 10.0 Å². The monoisotopic (exact) mass is 612 g/mol. The number of carbonyl (C=O) groups is 1. The van der Waals surface area contributed by atoms with E-state index in [1.54, 1.807) is 31.4 Å². The first kappa shape index (κ1) is 28.7. The summed E-state index contributed by atoms with van der Waals surface area (Å²) in [5.41, 5.74) is 2.92. The van der Waals surface area contributed by atoms with Gasteiger partial charge in [-0.05, 0) is 53.6 Å². The van der Waals surface area contributed by atoms with Crippen molar-refractivity contribution in [1.29, 1.82) is 0 Å². The Bertz CT molecular complexity index is 1490. The Morgan fingerprint density at radius 2 is 1.52 bits per heavy atom. The Morgan fingerprint density at radius 1 is 0.850 bits per heavy atom. The molecular weight excluding hydrogens is 589 g/mol. The van der Waals surface area contributed by atoms with Gasteiger partial charge in [0.15, 0.2) is 11.5 Å². The highest BCUT2D eigenvalue weighted by molar-refractivity contribution is 9.10. The van der Waals surface area contributed by atoms with Crippen molar-refractivity contribution >= 4 is 28.1 Å². The number of methoxy groups -OCH3 is 1. The van der Waals surface area contributed by atoms with Gasteiger partial charge in [0.2, 0.25) is 0 Å². The van der Waals surface area contributed by atoms with E-state index in [-0.39, 0.29) is 6.61 Å². The first-order chi connectivity index (χ1) is 19.2. The number of hydrogen-bond acceptors (Lipinski definition) is 5. The molecule has 0 aliphatic heterocycles. The molecule has 0 bridgehead atoms. The normalized spacial score (nSPS) is 11.3. The zero-order valence-electron chi connectivity index (χ0n) is 21.2. The number of hydrogen-bond donors (Lipinski definition) is 1. The molecule has 0 atom stereocenters. The molecule has 4 aromatic rings. The van der Waals surface area contributed by atoms with Crippen LogP contribution >= 0.6 is 15.9 Å². The van der Waals surface area contributed by atoms with Crippen molar-refractivity contribution in [3.63, 3.8) is 0 Å².